The summed E-state index contributed by atoms with van der Waals surface area (Å²) in [4.78, 5) is 31.8. The van der Waals surface area contributed by atoms with Gasteiger partial charge in [-0.05, 0) is 51.3 Å². The van der Waals surface area contributed by atoms with Gasteiger partial charge in [-0.3, -0.25) is 9.36 Å². The van der Waals surface area contributed by atoms with Gasteiger partial charge in [0, 0.05) is 17.0 Å². The third kappa shape index (κ3) is 4.26. The lowest BCUT2D eigenvalue weighted by Crippen LogP contribution is -2.30. The molecule has 0 saturated heterocycles. The van der Waals surface area contributed by atoms with E-state index >= 15 is 0 Å². The van der Waals surface area contributed by atoms with Crippen molar-refractivity contribution >= 4 is 27.5 Å². The summed E-state index contributed by atoms with van der Waals surface area (Å²) in [7, 11) is 0. The van der Waals surface area contributed by atoms with Crippen molar-refractivity contribution in [2.45, 2.75) is 40.7 Å². The van der Waals surface area contributed by atoms with Crippen LogP contribution in [0, 0.1) is 20.8 Å². The number of ether oxygens (including phenoxy) is 2. The van der Waals surface area contributed by atoms with Gasteiger partial charge < -0.3 is 9.47 Å². The Balaban J connectivity index is 2.02. The van der Waals surface area contributed by atoms with Gasteiger partial charge in [-0.15, -0.1) is 11.3 Å². The smallest absolute Gasteiger partial charge is 0.329 e. The Hall–Kier alpha value is -2.51. The molecule has 6 nitrogen and oxygen atoms in total. The fourth-order valence-electron chi connectivity index (χ4n) is 3.22. The molecule has 0 N–H and O–H groups in total. The molecular formula is C22H26N2O4S. The van der Waals surface area contributed by atoms with Crippen LogP contribution < -0.4 is 5.56 Å². The van der Waals surface area contributed by atoms with Crippen molar-refractivity contribution in [3.05, 3.63) is 50.9 Å². The molecule has 0 spiro atoms. The SMILES string of the molecule is CCOCCOC(=O)[C@H](C)n1cnc2sc(C)c(-c3ccc(C)c(C)c3)c2c1=O. The van der Waals surface area contributed by atoms with Crippen LogP contribution in [0.4, 0.5) is 0 Å². The Kier molecular flexibility index (Phi) is 6.49. The molecule has 0 aliphatic heterocycles. The molecule has 0 radical (unpaired) electrons. The molecule has 2 heterocycles. The predicted molar refractivity (Wildman–Crippen MR) is 116 cm³/mol. The summed E-state index contributed by atoms with van der Waals surface area (Å²) in [5.74, 6) is -0.479. The van der Waals surface area contributed by atoms with Crippen LogP contribution in [0.2, 0.25) is 0 Å². The number of hydrogen-bond acceptors (Lipinski definition) is 6. The highest BCUT2D eigenvalue weighted by Gasteiger charge is 2.22. The molecule has 0 amide bonds. The number of fused-ring (bicyclic) bond motifs is 1. The zero-order valence-electron chi connectivity index (χ0n) is 17.4. The van der Waals surface area contributed by atoms with Crippen LogP contribution in [-0.2, 0) is 14.3 Å². The number of carbonyl (C=O) groups is 1. The Morgan fingerprint density at radius 2 is 1.97 bits per heavy atom. The van der Waals surface area contributed by atoms with Gasteiger partial charge in [-0.1, -0.05) is 18.2 Å². The molecular weight excluding hydrogens is 388 g/mol. The summed E-state index contributed by atoms with van der Waals surface area (Å²) in [6.07, 6.45) is 1.43. The van der Waals surface area contributed by atoms with E-state index in [4.69, 9.17) is 9.47 Å². The minimum Gasteiger partial charge on any atom is -0.462 e. The summed E-state index contributed by atoms with van der Waals surface area (Å²) in [6.45, 7) is 10.7. The van der Waals surface area contributed by atoms with Crippen LogP contribution in [-0.4, -0.2) is 35.3 Å². The molecule has 0 aliphatic carbocycles. The summed E-state index contributed by atoms with van der Waals surface area (Å²) in [5, 5.41) is 0.548. The average molecular weight is 415 g/mol. The third-order valence-electron chi connectivity index (χ3n) is 5.04. The molecule has 154 valence electrons. The van der Waals surface area contributed by atoms with Crippen LogP contribution in [0.25, 0.3) is 21.3 Å². The van der Waals surface area contributed by atoms with E-state index in [0.29, 0.717) is 23.4 Å². The number of aromatic nitrogens is 2. The lowest BCUT2D eigenvalue weighted by molar-refractivity contribution is -0.148. The average Bonchev–Trinajstić information content (AvgIpc) is 3.04. The van der Waals surface area contributed by atoms with E-state index in [2.05, 4.69) is 31.0 Å². The minimum absolute atomic E-state index is 0.160. The molecule has 1 aromatic carbocycles. The van der Waals surface area contributed by atoms with E-state index in [1.165, 1.54) is 27.8 Å². The number of benzene rings is 1. The maximum atomic E-state index is 13.3. The van der Waals surface area contributed by atoms with Gasteiger partial charge in [0.05, 0.1) is 18.3 Å². The van der Waals surface area contributed by atoms with E-state index in [9.17, 15) is 9.59 Å². The molecule has 7 heteroatoms. The highest BCUT2D eigenvalue weighted by atomic mass is 32.1. The van der Waals surface area contributed by atoms with Gasteiger partial charge >= 0.3 is 5.97 Å². The molecule has 0 fully saturated rings. The van der Waals surface area contributed by atoms with Gasteiger partial charge in [0.2, 0.25) is 0 Å². The first-order chi connectivity index (χ1) is 13.8. The maximum absolute atomic E-state index is 13.3. The van der Waals surface area contributed by atoms with Crippen molar-refractivity contribution in [2.75, 3.05) is 19.8 Å². The first kappa shape index (κ1) is 21.2. The highest BCUT2D eigenvalue weighted by Crippen LogP contribution is 2.36. The topological polar surface area (TPSA) is 70.4 Å². The largest absolute Gasteiger partial charge is 0.462 e. The normalized spacial score (nSPS) is 12.3. The van der Waals surface area contributed by atoms with Crippen molar-refractivity contribution in [1.82, 2.24) is 9.55 Å². The van der Waals surface area contributed by atoms with E-state index in [-0.39, 0.29) is 12.2 Å². The predicted octanol–water partition coefficient (Wildman–Crippen LogP) is 4.19. The van der Waals surface area contributed by atoms with Crippen molar-refractivity contribution in [1.29, 1.82) is 0 Å². The van der Waals surface area contributed by atoms with Crippen LogP contribution >= 0.6 is 11.3 Å². The minimum atomic E-state index is -0.770. The van der Waals surface area contributed by atoms with Crippen LogP contribution in [0.3, 0.4) is 0 Å². The van der Waals surface area contributed by atoms with Crippen LogP contribution in [0.1, 0.15) is 35.9 Å². The van der Waals surface area contributed by atoms with Crippen molar-refractivity contribution in [3.63, 3.8) is 0 Å². The summed E-state index contributed by atoms with van der Waals surface area (Å²) in [5.41, 5.74) is 4.00. The molecule has 1 atom stereocenters. The molecule has 3 rings (SSSR count). The zero-order chi connectivity index (χ0) is 21.1. The first-order valence-corrected chi connectivity index (χ1v) is 10.5. The van der Waals surface area contributed by atoms with Crippen LogP contribution in [0.5, 0.6) is 0 Å². The number of thiophene rings is 1. The fourth-order valence-corrected chi connectivity index (χ4v) is 4.22. The molecule has 2 aromatic heterocycles. The Labute approximate surface area is 174 Å². The second-order valence-corrected chi connectivity index (χ2v) is 8.21. The Morgan fingerprint density at radius 3 is 2.66 bits per heavy atom. The Morgan fingerprint density at radius 1 is 1.21 bits per heavy atom. The number of hydrogen-bond donors (Lipinski definition) is 0. The number of esters is 1. The number of nitrogens with zero attached hydrogens (tertiary/aromatic N) is 2. The van der Waals surface area contributed by atoms with Crippen molar-refractivity contribution in [3.8, 4) is 11.1 Å². The number of aryl methyl sites for hydroxylation is 3. The van der Waals surface area contributed by atoms with Gasteiger partial charge in [0.25, 0.3) is 5.56 Å². The lowest BCUT2D eigenvalue weighted by Gasteiger charge is -2.14. The Bertz CT molecular complexity index is 1100. The molecule has 0 saturated carbocycles. The number of carbonyl (C=O) groups excluding carboxylic acids is 1. The molecule has 29 heavy (non-hydrogen) atoms. The summed E-state index contributed by atoms with van der Waals surface area (Å²) in [6, 6.07) is 5.40. The van der Waals surface area contributed by atoms with Gasteiger partial charge in [0.1, 0.15) is 17.5 Å². The molecule has 3 aromatic rings. The van der Waals surface area contributed by atoms with Gasteiger partial charge in [-0.25, -0.2) is 9.78 Å². The molecule has 0 unspecified atom stereocenters. The van der Waals surface area contributed by atoms with Crippen LogP contribution in [0.15, 0.2) is 29.3 Å². The van der Waals surface area contributed by atoms with Crippen molar-refractivity contribution < 1.29 is 14.3 Å². The van der Waals surface area contributed by atoms with E-state index in [1.54, 1.807) is 6.92 Å². The van der Waals surface area contributed by atoms with Gasteiger partial charge in [0.15, 0.2) is 0 Å². The fraction of sp³-hybridized carbons (Fsp3) is 0.409. The summed E-state index contributed by atoms with van der Waals surface area (Å²) < 4.78 is 11.8. The van der Waals surface area contributed by atoms with E-state index in [0.717, 1.165) is 21.6 Å². The quantitative estimate of drug-likeness (QED) is 0.428. The third-order valence-corrected chi connectivity index (χ3v) is 6.06. The standard InChI is InChI=1S/C22H26N2O4S/c1-6-27-9-10-28-22(26)15(4)24-12-23-20-19(21(24)25)18(16(5)29-20)17-8-7-13(2)14(3)11-17/h7-8,11-12,15H,6,9-10H2,1-5H3/t15-/m0/s1. The van der Waals surface area contributed by atoms with Crippen molar-refractivity contribution in [2.24, 2.45) is 0 Å². The monoisotopic (exact) mass is 414 g/mol. The molecule has 0 bridgehead atoms. The summed E-state index contributed by atoms with van der Waals surface area (Å²) >= 11 is 1.49. The second-order valence-electron chi connectivity index (χ2n) is 7.01. The lowest BCUT2D eigenvalue weighted by atomic mass is 9.99. The molecule has 0 aliphatic rings. The second kappa shape index (κ2) is 8.88. The van der Waals surface area contributed by atoms with E-state index in [1.807, 2.05) is 19.9 Å². The maximum Gasteiger partial charge on any atom is 0.329 e. The highest BCUT2D eigenvalue weighted by molar-refractivity contribution is 7.19. The number of rotatable bonds is 7. The first-order valence-electron chi connectivity index (χ1n) is 9.67. The van der Waals surface area contributed by atoms with E-state index < -0.39 is 12.0 Å². The zero-order valence-corrected chi connectivity index (χ0v) is 18.3. The van der Waals surface area contributed by atoms with Gasteiger partial charge in [-0.2, -0.15) is 0 Å².